The van der Waals surface area contributed by atoms with Crippen LogP contribution in [0.25, 0.3) is 10.8 Å². The van der Waals surface area contributed by atoms with Crippen LogP contribution in [-0.4, -0.2) is 6.54 Å². The van der Waals surface area contributed by atoms with Crippen molar-refractivity contribution >= 4 is 26.7 Å². The first-order chi connectivity index (χ1) is 8.77. The molecule has 2 aromatic rings. The molecule has 0 fully saturated rings. The number of nitrogens with one attached hydrogen (secondary N) is 1. The quantitative estimate of drug-likeness (QED) is 0.815. The molecule has 1 N–H and O–H groups in total. The zero-order valence-electron chi connectivity index (χ0n) is 11.0. The molecule has 0 saturated heterocycles. The summed E-state index contributed by atoms with van der Waals surface area (Å²) >= 11 is 3.63. The highest BCUT2D eigenvalue weighted by Gasteiger charge is 2.12. The fraction of sp³-hybridized carbons (Fsp3) is 0.375. The molecule has 1 nitrogen and oxygen atoms in total. The molecule has 0 amide bonds. The zero-order valence-corrected chi connectivity index (χ0v) is 12.6. The lowest BCUT2D eigenvalue weighted by molar-refractivity contribution is 0.521. The Morgan fingerprint density at radius 1 is 1.06 bits per heavy atom. The van der Waals surface area contributed by atoms with E-state index in [0.717, 1.165) is 13.0 Å². The van der Waals surface area contributed by atoms with Crippen molar-refractivity contribution in [3.05, 3.63) is 46.4 Å². The lowest BCUT2D eigenvalue weighted by Gasteiger charge is -2.19. The molecule has 0 aliphatic carbocycles. The normalized spacial score (nSPS) is 12.8. The molecule has 0 bridgehead atoms. The van der Waals surface area contributed by atoms with Crippen LogP contribution in [0.2, 0.25) is 0 Å². The van der Waals surface area contributed by atoms with Crippen LogP contribution in [0, 0.1) is 0 Å². The van der Waals surface area contributed by atoms with Gasteiger partial charge in [-0.15, -0.1) is 0 Å². The van der Waals surface area contributed by atoms with Gasteiger partial charge in [-0.05, 0) is 41.8 Å². The van der Waals surface area contributed by atoms with Gasteiger partial charge in [0.15, 0.2) is 0 Å². The number of rotatable bonds is 5. The molecule has 18 heavy (non-hydrogen) atoms. The third-order valence-corrected chi connectivity index (χ3v) is 4.02. The SMILES string of the molecule is CCCNC(CC)c1ccc(Br)c2ccccc12. The fourth-order valence-electron chi connectivity index (χ4n) is 2.38. The number of halogens is 1. The summed E-state index contributed by atoms with van der Waals surface area (Å²) in [6, 6.07) is 13.4. The molecule has 0 aliphatic heterocycles. The van der Waals surface area contributed by atoms with Gasteiger partial charge in [0.2, 0.25) is 0 Å². The van der Waals surface area contributed by atoms with E-state index in [1.807, 2.05) is 0 Å². The predicted octanol–water partition coefficient (Wildman–Crippen LogP) is 5.05. The maximum Gasteiger partial charge on any atom is 0.0323 e. The molecule has 2 heteroatoms. The summed E-state index contributed by atoms with van der Waals surface area (Å²) in [6.07, 6.45) is 2.29. The zero-order chi connectivity index (χ0) is 13.0. The Labute approximate surface area is 118 Å². The van der Waals surface area contributed by atoms with Gasteiger partial charge in [0, 0.05) is 10.5 Å². The summed E-state index contributed by atoms with van der Waals surface area (Å²) in [5.74, 6) is 0. The number of hydrogen-bond donors (Lipinski definition) is 1. The summed E-state index contributed by atoms with van der Waals surface area (Å²) in [6.45, 7) is 5.52. The Hall–Kier alpha value is -0.860. The first kappa shape index (κ1) is 13.6. The Morgan fingerprint density at radius 3 is 2.44 bits per heavy atom. The second kappa shape index (κ2) is 6.35. The van der Waals surface area contributed by atoms with Crippen LogP contribution in [0.1, 0.15) is 38.3 Å². The molecular formula is C16H20BrN. The van der Waals surface area contributed by atoms with Crippen molar-refractivity contribution in [2.45, 2.75) is 32.7 Å². The van der Waals surface area contributed by atoms with Crippen LogP contribution in [0.15, 0.2) is 40.9 Å². The van der Waals surface area contributed by atoms with Gasteiger partial charge in [-0.3, -0.25) is 0 Å². The summed E-state index contributed by atoms with van der Waals surface area (Å²) < 4.78 is 1.17. The highest BCUT2D eigenvalue weighted by molar-refractivity contribution is 9.10. The summed E-state index contributed by atoms with van der Waals surface area (Å²) in [5, 5.41) is 6.28. The lowest BCUT2D eigenvalue weighted by atomic mass is 9.97. The fourth-order valence-corrected chi connectivity index (χ4v) is 2.86. The summed E-state index contributed by atoms with van der Waals surface area (Å²) in [5.41, 5.74) is 1.41. The molecule has 1 unspecified atom stereocenters. The van der Waals surface area contributed by atoms with E-state index in [1.165, 1.54) is 27.2 Å². The molecule has 0 aliphatic rings. The van der Waals surface area contributed by atoms with E-state index in [2.05, 4.69) is 71.5 Å². The number of fused-ring (bicyclic) bond motifs is 1. The number of hydrogen-bond acceptors (Lipinski definition) is 1. The highest BCUT2D eigenvalue weighted by Crippen LogP contribution is 2.31. The van der Waals surface area contributed by atoms with Crippen molar-refractivity contribution in [2.75, 3.05) is 6.54 Å². The van der Waals surface area contributed by atoms with Crippen LogP contribution in [-0.2, 0) is 0 Å². The van der Waals surface area contributed by atoms with E-state index in [1.54, 1.807) is 0 Å². The molecule has 0 radical (unpaired) electrons. The first-order valence-corrected chi connectivity index (χ1v) is 7.47. The van der Waals surface area contributed by atoms with Crippen molar-refractivity contribution < 1.29 is 0 Å². The van der Waals surface area contributed by atoms with Crippen molar-refractivity contribution in [3.8, 4) is 0 Å². The molecule has 0 heterocycles. The number of benzene rings is 2. The summed E-state index contributed by atoms with van der Waals surface area (Å²) in [7, 11) is 0. The van der Waals surface area contributed by atoms with Gasteiger partial charge >= 0.3 is 0 Å². The minimum absolute atomic E-state index is 0.447. The van der Waals surface area contributed by atoms with Crippen molar-refractivity contribution in [1.82, 2.24) is 5.32 Å². The second-order valence-electron chi connectivity index (χ2n) is 4.60. The van der Waals surface area contributed by atoms with Crippen molar-refractivity contribution in [3.63, 3.8) is 0 Å². The van der Waals surface area contributed by atoms with Gasteiger partial charge in [0.05, 0.1) is 0 Å². The Bertz CT molecular complexity index is 521. The van der Waals surface area contributed by atoms with Gasteiger partial charge in [0.25, 0.3) is 0 Å². The molecule has 0 saturated carbocycles. The molecule has 0 aromatic heterocycles. The Morgan fingerprint density at radius 2 is 1.78 bits per heavy atom. The molecular weight excluding hydrogens is 286 g/mol. The van der Waals surface area contributed by atoms with E-state index in [0.29, 0.717) is 6.04 Å². The topological polar surface area (TPSA) is 12.0 Å². The minimum atomic E-state index is 0.447. The van der Waals surface area contributed by atoms with Crippen LogP contribution in [0.3, 0.4) is 0 Å². The average molecular weight is 306 g/mol. The maximum absolute atomic E-state index is 3.63. The molecule has 1 atom stereocenters. The second-order valence-corrected chi connectivity index (χ2v) is 5.45. The standard InChI is InChI=1S/C16H20BrN/c1-3-11-18-16(4-2)14-9-10-15(17)13-8-6-5-7-12(13)14/h5-10,16,18H,3-4,11H2,1-2H3. The maximum atomic E-state index is 3.63. The third kappa shape index (κ3) is 2.76. The Kier molecular flexibility index (Phi) is 4.79. The molecule has 2 aromatic carbocycles. The average Bonchev–Trinajstić information content (AvgIpc) is 2.42. The minimum Gasteiger partial charge on any atom is -0.310 e. The van der Waals surface area contributed by atoms with Crippen LogP contribution >= 0.6 is 15.9 Å². The van der Waals surface area contributed by atoms with Crippen LogP contribution in [0.5, 0.6) is 0 Å². The van der Waals surface area contributed by atoms with Gasteiger partial charge in [-0.25, -0.2) is 0 Å². The van der Waals surface area contributed by atoms with E-state index < -0.39 is 0 Å². The van der Waals surface area contributed by atoms with Crippen LogP contribution in [0.4, 0.5) is 0 Å². The molecule has 96 valence electrons. The van der Waals surface area contributed by atoms with Gasteiger partial charge < -0.3 is 5.32 Å². The smallest absolute Gasteiger partial charge is 0.0323 e. The van der Waals surface area contributed by atoms with Crippen LogP contribution < -0.4 is 5.32 Å². The Balaban J connectivity index is 2.46. The summed E-state index contributed by atoms with van der Waals surface area (Å²) in [4.78, 5) is 0. The monoisotopic (exact) mass is 305 g/mol. The van der Waals surface area contributed by atoms with Gasteiger partial charge in [0.1, 0.15) is 0 Å². The first-order valence-electron chi connectivity index (χ1n) is 6.68. The van der Waals surface area contributed by atoms with E-state index in [9.17, 15) is 0 Å². The predicted molar refractivity (Wildman–Crippen MR) is 83.0 cm³/mol. The van der Waals surface area contributed by atoms with Crippen molar-refractivity contribution in [1.29, 1.82) is 0 Å². The van der Waals surface area contributed by atoms with Gasteiger partial charge in [-0.2, -0.15) is 0 Å². The van der Waals surface area contributed by atoms with E-state index in [-0.39, 0.29) is 0 Å². The lowest BCUT2D eigenvalue weighted by Crippen LogP contribution is -2.21. The molecule has 0 spiro atoms. The molecule has 2 rings (SSSR count). The van der Waals surface area contributed by atoms with E-state index in [4.69, 9.17) is 0 Å². The third-order valence-electron chi connectivity index (χ3n) is 3.33. The largest absolute Gasteiger partial charge is 0.310 e. The van der Waals surface area contributed by atoms with Crippen molar-refractivity contribution in [2.24, 2.45) is 0 Å². The van der Waals surface area contributed by atoms with Gasteiger partial charge in [-0.1, -0.05) is 60.1 Å². The highest BCUT2D eigenvalue weighted by atomic mass is 79.9. The van der Waals surface area contributed by atoms with E-state index >= 15 is 0 Å².